The van der Waals surface area contributed by atoms with Gasteiger partial charge in [0.15, 0.2) is 0 Å². The van der Waals surface area contributed by atoms with Crippen molar-refractivity contribution >= 4 is 17.5 Å². The number of carbonyl (C=O) groups is 2. The topological polar surface area (TPSA) is 105 Å². The van der Waals surface area contributed by atoms with Gasteiger partial charge in [-0.3, -0.25) is 14.0 Å². The lowest BCUT2D eigenvalue weighted by Crippen LogP contribution is -2.44. The molecule has 1 unspecified atom stereocenters. The standard InChI is InChI=1S/C26H32N4O4/c1-3-18(2)28-24(32)15-20-16-30-22(5-4-6-23(30)29-20)25(33)27-17-26(11-13-34-14-12-26)19-7-9-21(31)10-8-19/h4-10,16,18,31H,3,11-15,17H2,1-2H3,(H,27,33)(H,28,32). The number of rotatable bonds is 8. The fraction of sp³-hybridized carbons (Fsp3) is 0.423. The number of pyridine rings is 1. The smallest absolute Gasteiger partial charge is 0.268 e. The molecule has 1 aromatic carbocycles. The van der Waals surface area contributed by atoms with E-state index in [0.29, 0.717) is 36.8 Å². The molecule has 0 bridgehead atoms. The summed E-state index contributed by atoms with van der Waals surface area (Å²) in [5, 5.41) is 15.8. The SMILES string of the molecule is CCC(C)NC(=O)Cc1cn2c(C(=O)NCC3(c4ccc(O)cc4)CCOCC3)cccc2n1. The number of ether oxygens (including phenoxy) is 1. The predicted octanol–water partition coefficient (Wildman–Crippen LogP) is 2.98. The summed E-state index contributed by atoms with van der Waals surface area (Å²) in [7, 11) is 0. The van der Waals surface area contributed by atoms with Gasteiger partial charge >= 0.3 is 0 Å². The van der Waals surface area contributed by atoms with Gasteiger partial charge in [-0.2, -0.15) is 0 Å². The molecular formula is C26H32N4O4. The van der Waals surface area contributed by atoms with Gasteiger partial charge < -0.3 is 20.5 Å². The van der Waals surface area contributed by atoms with Gasteiger partial charge in [0, 0.05) is 37.4 Å². The van der Waals surface area contributed by atoms with Crippen LogP contribution in [0, 0.1) is 0 Å². The summed E-state index contributed by atoms with van der Waals surface area (Å²) in [6.07, 6.45) is 4.34. The monoisotopic (exact) mass is 464 g/mol. The van der Waals surface area contributed by atoms with E-state index in [1.165, 1.54) is 0 Å². The van der Waals surface area contributed by atoms with Crippen LogP contribution in [0.3, 0.4) is 0 Å². The highest BCUT2D eigenvalue weighted by Gasteiger charge is 2.35. The molecule has 0 saturated carbocycles. The first-order chi connectivity index (χ1) is 16.4. The maximum Gasteiger partial charge on any atom is 0.268 e. The van der Waals surface area contributed by atoms with Crippen LogP contribution in [-0.4, -0.2) is 52.1 Å². The number of fused-ring (bicyclic) bond motifs is 1. The van der Waals surface area contributed by atoms with Crippen molar-refractivity contribution in [1.29, 1.82) is 0 Å². The zero-order valence-electron chi connectivity index (χ0n) is 19.7. The van der Waals surface area contributed by atoms with E-state index in [4.69, 9.17) is 4.74 Å². The van der Waals surface area contributed by atoms with Crippen LogP contribution in [0.1, 0.15) is 54.9 Å². The number of phenolic OH excluding ortho intramolecular Hbond substituents is 1. The van der Waals surface area contributed by atoms with Gasteiger partial charge in [0.05, 0.1) is 12.1 Å². The van der Waals surface area contributed by atoms with E-state index < -0.39 is 0 Å². The second-order valence-electron chi connectivity index (χ2n) is 9.05. The summed E-state index contributed by atoms with van der Waals surface area (Å²) in [5.41, 5.74) is 2.52. The Labute approximate surface area is 199 Å². The molecule has 3 aromatic rings. The van der Waals surface area contributed by atoms with E-state index in [1.54, 1.807) is 34.9 Å². The number of imidazole rings is 1. The molecule has 8 nitrogen and oxygen atoms in total. The first-order valence-electron chi connectivity index (χ1n) is 11.8. The van der Waals surface area contributed by atoms with E-state index in [-0.39, 0.29) is 35.4 Å². The fourth-order valence-electron chi connectivity index (χ4n) is 4.41. The Hall–Kier alpha value is -3.39. The molecule has 0 spiro atoms. The summed E-state index contributed by atoms with van der Waals surface area (Å²) < 4.78 is 7.31. The van der Waals surface area contributed by atoms with Crippen molar-refractivity contribution < 1.29 is 19.4 Å². The van der Waals surface area contributed by atoms with Gasteiger partial charge in [-0.25, -0.2) is 4.98 Å². The number of nitrogens with one attached hydrogen (secondary N) is 2. The zero-order valence-corrected chi connectivity index (χ0v) is 19.7. The minimum absolute atomic E-state index is 0.0842. The molecule has 0 aliphatic carbocycles. The van der Waals surface area contributed by atoms with Crippen molar-refractivity contribution in [2.24, 2.45) is 0 Å². The Morgan fingerprint density at radius 1 is 1.18 bits per heavy atom. The number of phenols is 1. The Kier molecular flexibility index (Phi) is 7.17. The van der Waals surface area contributed by atoms with E-state index >= 15 is 0 Å². The van der Waals surface area contributed by atoms with Crippen LogP contribution < -0.4 is 10.6 Å². The van der Waals surface area contributed by atoms with Gasteiger partial charge in [0.2, 0.25) is 5.91 Å². The highest BCUT2D eigenvalue weighted by atomic mass is 16.5. The van der Waals surface area contributed by atoms with Gasteiger partial charge in [-0.15, -0.1) is 0 Å². The molecule has 1 fully saturated rings. The summed E-state index contributed by atoms with van der Waals surface area (Å²) in [6, 6.07) is 12.7. The number of hydrogen-bond acceptors (Lipinski definition) is 5. The average Bonchev–Trinajstić information content (AvgIpc) is 3.25. The Balaban J connectivity index is 1.51. The molecule has 2 aromatic heterocycles. The van der Waals surface area contributed by atoms with Crippen molar-refractivity contribution in [2.75, 3.05) is 19.8 Å². The molecule has 1 aliphatic heterocycles. The van der Waals surface area contributed by atoms with Crippen molar-refractivity contribution in [1.82, 2.24) is 20.0 Å². The normalized spacial score (nSPS) is 16.2. The Morgan fingerprint density at radius 2 is 1.91 bits per heavy atom. The van der Waals surface area contributed by atoms with E-state index in [0.717, 1.165) is 24.8 Å². The molecule has 1 saturated heterocycles. The summed E-state index contributed by atoms with van der Waals surface area (Å²) >= 11 is 0. The summed E-state index contributed by atoms with van der Waals surface area (Å²) in [4.78, 5) is 30.0. The Bertz CT molecular complexity index is 1150. The third kappa shape index (κ3) is 5.22. The number of aromatic hydroxyl groups is 1. The van der Waals surface area contributed by atoms with Crippen LogP contribution in [0.25, 0.3) is 5.65 Å². The molecule has 1 aliphatic rings. The lowest BCUT2D eigenvalue weighted by Gasteiger charge is -2.38. The third-order valence-electron chi connectivity index (χ3n) is 6.65. The molecule has 3 N–H and O–H groups in total. The maximum atomic E-state index is 13.2. The number of nitrogens with zero attached hydrogens (tertiary/aromatic N) is 2. The fourth-order valence-corrected chi connectivity index (χ4v) is 4.41. The van der Waals surface area contributed by atoms with Crippen molar-refractivity contribution in [2.45, 2.75) is 51.0 Å². The first-order valence-corrected chi connectivity index (χ1v) is 11.8. The van der Waals surface area contributed by atoms with Gasteiger partial charge in [0.25, 0.3) is 5.91 Å². The highest BCUT2D eigenvalue weighted by molar-refractivity contribution is 5.93. The Morgan fingerprint density at radius 3 is 2.62 bits per heavy atom. The number of aromatic nitrogens is 2. The van der Waals surface area contributed by atoms with Crippen LogP contribution in [0.15, 0.2) is 48.7 Å². The number of hydrogen-bond donors (Lipinski definition) is 3. The van der Waals surface area contributed by atoms with Crippen LogP contribution >= 0.6 is 0 Å². The summed E-state index contributed by atoms with van der Waals surface area (Å²) in [5.74, 6) is -0.0715. The van der Waals surface area contributed by atoms with Crippen LogP contribution in [0.4, 0.5) is 0 Å². The van der Waals surface area contributed by atoms with E-state index in [9.17, 15) is 14.7 Å². The second-order valence-corrected chi connectivity index (χ2v) is 9.05. The van der Waals surface area contributed by atoms with Crippen molar-refractivity contribution in [3.63, 3.8) is 0 Å². The molecule has 180 valence electrons. The number of carbonyl (C=O) groups excluding carboxylic acids is 2. The number of amides is 2. The molecule has 8 heteroatoms. The zero-order chi connectivity index (χ0) is 24.1. The molecule has 34 heavy (non-hydrogen) atoms. The molecule has 3 heterocycles. The molecule has 4 rings (SSSR count). The van der Waals surface area contributed by atoms with Gasteiger partial charge in [-0.05, 0) is 56.0 Å². The highest BCUT2D eigenvalue weighted by Crippen LogP contribution is 2.35. The lowest BCUT2D eigenvalue weighted by molar-refractivity contribution is -0.121. The van der Waals surface area contributed by atoms with Crippen LogP contribution in [-0.2, 0) is 21.4 Å². The average molecular weight is 465 g/mol. The minimum Gasteiger partial charge on any atom is -0.508 e. The van der Waals surface area contributed by atoms with Crippen LogP contribution in [0.5, 0.6) is 5.75 Å². The molecule has 1 atom stereocenters. The van der Waals surface area contributed by atoms with E-state index in [1.807, 2.05) is 32.0 Å². The van der Waals surface area contributed by atoms with Gasteiger partial charge in [0.1, 0.15) is 17.1 Å². The maximum absolute atomic E-state index is 13.2. The van der Waals surface area contributed by atoms with Crippen molar-refractivity contribution in [3.05, 3.63) is 65.6 Å². The minimum atomic E-state index is -0.260. The largest absolute Gasteiger partial charge is 0.508 e. The molecular weight excluding hydrogens is 432 g/mol. The second kappa shape index (κ2) is 10.3. The molecule has 2 amide bonds. The van der Waals surface area contributed by atoms with Crippen LogP contribution in [0.2, 0.25) is 0 Å². The third-order valence-corrected chi connectivity index (χ3v) is 6.65. The predicted molar refractivity (Wildman–Crippen MR) is 129 cm³/mol. The van der Waals surface area contributed by atoms with E-state index in [2.05, 4.69) is 15.6 Å². The quantitative estimate of drug-likeness (QED) is 0.475. The van der Waals surface area contributed by atoms with Gasteiger partial charge in [-0.1, -0.05) is 25.1 Å². The summed E-state index contributed by atoms with van der Waals surface area (Å²) in [6.45, 7) is 5.68. The first kappa shape index (κ1) is 23.8. The van der Waals surface area contributed by atoms with Crippen molar-refractivity contribution in [3.8, 4) is 5.75 Å². The molecule has 0 radical (unpaired) electrons. The lowest BCUT2D eigenvalue weighted by atomic mass is 9.74. The number of benzene rings is 1.